The topological polar surface area (TPSA) is 9.23 Å². The van der Waals surface area contributed by atoms with Gasteiger partial charge in [-0.3, -0.25) is 0 Å². The Balaban J connectivity index is 1.80. The first-order chi connectivity index (χ1) is 11.9. The van der Waals surface area contributed by atoms with Gasteiger partial charge in [0.15, 0.2) is 0 Å². The zero-order valence-corrected chi connectivity index (χ0v) is 15.7. The fraction of sp³-hybridized carbons (Fsp3) is 0.143. The van der Waals surface area contributed by atoms with Crippen molar-refractivity contribution in [3.63, 3.8) is 0 Å². The van der Waals surface area contributed by atoms with Crippen LogP contribution in [0.2, 0.25) is 0 Å². The molecule has 0 aromatic heterocycles. The number of ether oxygens (including phenoxy) is 1. The summed E-state index contributed by atoms with van der Waals surface area (Å²) in [7, 11) is 2.23. The lowest BCUT2D eigenvalue weighted by atomic mass is 10.3. The minimum atomic E-state index is -0.392. The Labute approximate surface area is 147 Å². The Bertz CT molecular complexity index is 744. The molecule has 0 N–H and O–H groups in total. The summed E-state index contributed by atoms with van der Waals surface area (Å²) in [6.45, 7) is 0. The summed E-state index contributed by atoms with van der Waals surface area (Å²) in [6.07, 6.45) is 2.40. The SMILES string of the molecule is COc1ccccc1P(CCPc1ccccc1)c1ccccc1. The molecular formula is C21H22OP2. The number of rotatable bonds is 7. The smallest absolute Gasteiger partial charge is 0.126 e. The van der Waals surface area contributed by atoms with E-state index in [1.165, 1.54) is 28.2 Å². The lowest BCUT2D eigenvalue weighted by molar-refractivity contribution is 0.418. The maximum absolute atomic E-state index is 5.63. The zero-order chi connectivity index (χ0) is 16.6. The van der Waals surface area contributed by atoms with Gasteiger partial charge in [0.1, 0.15) is 5.75 Å². The van der Waals surface area contributed by atoms with E-state index in [4.69, 9.17) is 4.74 Å². The van der Waals surface area contributed by atoms with Crippen molar-refractivity contribution in [3.8, 4) is 5.75 Å². The second kappa shape index (κ2) is 8.97. The van der Waals surface area contributed by atoms with Gasteiger partial charge >= 0.3 is 0 Å². The molecule has 0 amide bonds. The van der Waals surface area contributed by atoms with Crippen molar-refractivity contribution in [2.45, 2.75) is 0 Å². The van der Waals surface area contributed by atoms with Crippen LogP contribution in [0.1, 0.15) is 0 Å². The van der Waals surface area contributed by atoms with Crippen molar-refractivity contribution in [2.24, 2.45) is 0 Å². The van der Waals surface area contributed by atoms with Crippen LogP contribution in [0.5, 0.6) is 5.75 Å². The molecule has 3 heteroatoms. The van der Waals surface area contributed by atoms with Crippen LogP contribution in [0.25, 0.3) is 0 Å². The van der Waals surface area contributed by atoms with Gasteiger partial charge < -0.3 is 4.74 Å². The molecule has 3 aromatic rings. The van der Waals surface area contributed by atoms with Gasteiger partial charge in [-0.25, -0.2) is 0 Å². The van der Waals surface area contributed by atoms with Gasteiger partial charge in [0, 0.05) is 5.30 Å². The van der Waals surface area contributed by atoms with Gasteiger partial charge in [-0.15, -0.1) is 0 Å². The minimum absolute atomic E-state index is 0.392. The van der Waals surface area contributed by atoms with Gasteiger partial charge in [0.25, 0.3) is 0 Å². The Morgan fingerprint density at radius 3 is 2.12 bits per heavy atom. The molecule has 0 aliphatic carbocycles. The largest absolute Gasteiger partial charge is 0.496 e. The van der Waals surface area contributed by atoms with Crippen LogP contribution in [-0.2, 0) is 0 Å². The van der Waals surface area contributed by atoms with Gasteiger partial charge in [-0.05, 0) is 36.9 Å². The molecular weight excluding hydrogens is 330 g/mol. The second-order valence-electron chi connectivity index (χ2n) is 5.45. The van der Waals surface area contributed by atoms with Crippen LogP contribution in [-0.4, -0.2) is 19.4 Å². The van der Waals surface area contributed by atoms with Crippen molar-refractivity contribution in [2.75, 3.05) is 19.4 Å². The Morgan fingerprint density at radius 2 is 1.42 bits per heavy atom. The van der Waals surface area contributed by atoms with Crippen LogP contribution in [0.15, 0.2) is 84.9 Å². The van der Waals surface area contributed by atoms with Crippen LogP contribution in [0.3, 0.4) is 0 Å². The molecule has 0 aliphatic heterocycles. The summed E-state index contributed by atoms with van der Waals surface area (Å²) in [4.78, 5) is 0. The predicted molar refractivity (Wildman–Crippen MR) is 110 cm³/mol. The lowest BCUT2D eigenvalue weighted by Crippen LogP contribution is -2.17. The van der Waals surface area contributed by atoms with Crippen LogP contribution in [0, 0.1) is 0 Å². The number of benzene rings is 3. The first kappa shape index (κ1) is 17.2. The molecule has 0 aliphatic rings. The van der Waals surface area contributed by atoms with Crippen LogP contribution in [0.4, 0.5) is 0 Å². The Hall–Kier alpha value is -1.68. The molecule has 1 nitrogen and oxygen atoms in total. The molecule has 3 rings (SSSR count). The van der Waals surface area contributed by atoms with Gasteiger partial charge in [0.05, 0.1) is 7.11 Å². The molecule has 0 radical (unpaired) electrons. The first-order valence-corrected chi connectivity index (χ1v) is 10.9. The number of para-hydroxylation sites is 1. The fourth-order valence-electron chi connectivity index (χ4n) is 2.72. The van der Waals surface area contributed by atoms with E-state index in [2.05, 4.69) is 78.9 Å². The summed E-state index contributed by atoms with van der Waals surface area (Å²) in [6, 6.07) is 30.1. The Kier molecular flexibility index (Phi) is 6.41. The molecule has 0 bridgehead atoms. The summed E-state index contributed by atoms with van der Waals surface area (Å²) in [5.74, 6) is 1.01. The molecule has 122 valence electrons. The standard InChI is InChI=1S/C21H22OP2/c1-22-20-14-8-9-15-21(20)24(19-12-6-3-7-13-19)17-16-23-18-10-4-2-5-11-18/h2-15,23H,16-17H2,1H3. The molecule has 2 atom stereocenters. The normalized spacial score (nSPS) is 12.4. The molecule has 0 heterocycles. The van der Waals surface area contributed by atoms with Crippen LogP contribution >= 0.6 is 16.5 Å². The highest BCUT2D eigenvalue weighted by molar-refractivity contribution is 7.73. The average molecular weight is 352 g/mol. The van der Waals surface area contributed by atoms with E-state index in [0.29, 0.717) is 0 Å². The molecule has 0 spiro atoms. The highest BCUT2D eigenvalue weighted by Crippen LogP contribution is 2.38. The first-order valence-electron chi connectivity index (χ1n) is 8.13. The highest BCUT2D eigenvalue weighted by atomic mass is 31.1. The van der Waals surface area contributed by atoms with Crippen molar-refractivity contribution in [1.82, 2.24) is 0 Å². The molecule has 24 heavy (non-hydrogen) atoms. The van der Waals surface area contributed by atoms with Crippen molar-refractivity contribution >= 4 is 32.4 Å². The number of methoxy groups -OCH3 is 1. The highest BCUT2D eigenvalue weighted by Gasteiger charge is 2.17. The van der Waals surface area contributed by atoms with Gasteiger partial charge in [-0.2, -0.15) is 0 Å². The van der Waals surface area contributed by atoms with E-state index in [1.807, 2.05) is 6.07 Å². The second-order valence-corrected chi connectivity index (χ2v) is 9.18. The monoisotopic (exact) mass is 352 g/mol. The van der Waals surface area contributed by atoms with E-state index >= 15 is 0 Å². The van der Waals surface area contributed by atoms with Crippen molar-refractivity contribution in [3.05, 3.63) is 84.9 Å². The summed E-state index contributed by atoms with van der Waals surface area (Å²) >= 11 is 0. The summed E-state index contributed by atoms with van der Waals surface area (Å²) < 4.78 is 5.63. The quantitative estimate of drug-likeness (QED) is 0.581. The molecule has 0 saturated heterocycles. The van der Waals surface area contributed by atoms with Crippen molar-refractivity contribution < 1.29 is 4.74 Å². The zero-order valence-electron chi connectivity index (χ0n) is 13.9. The predicted octanol–water partition coefficient (Wildman–Crippen LogP) is 4.13. The minimum Gasteiger partial charge on any atom is -0.496 e. The average Bonchev–Trinajstić information content (AvgIpc) is 2.67. The summed E-state index contributed by atoms with van der Waals surface area (Å²) in [5.41, 5.74) is 0. The fourth-order valence-corrected chi connectivity index (χ4v) is 6.78. The van der Waals surface area contributed by atoms with E-state index in [-0.39, 0.29) is 0 Å². The van der Waals surface area contributed by atoms with Gasteiger partial charge in [-0.1, -0.05) is 87.4 Å². The number of hydrogen-bond acceptors (Lipinski definition) is 1. The van der Waals surface area contributed by atoms with Crippen LogP contribution < -0.4 is 20.7 Å². The summed E-state index contributed by atoms with van der Waals surface area (Å²) in [5, 5.41) is 4.22. The lowest BCUT2D eigenvalue weighted by Gasteiger charge is -2.21. The van der Waals surface area contributed by atoms with E-state index in [0.717, 1.165) is 14.3 Å². The molecule has 3 aromatic carbocycles. The maximum Gasteiger partial charge on any atom is 0.126 e. The third-order valence-electron chi connectivity index (χ3n) is 3.88. The maximum atomic E-state index is 5.63. The third-order valence-corrected chi connectivity index (χ3v) is 8.09. The van der Waals surface area contributed by atoms with E-state index in [1.54, 1.807) is 7.11 Å². The van der Waals surface area contributed by atoms with E-state index < -0.39 is 7.92 Å². The Morgan fingerprint density at radius 1 is 0.792 bits per heavy atom. The molecule has 2 unspecified atom stereocenters. The third kappa shape index (κ3) is 4.44. The molecule has 0 saturated carbocycles. The van der Waals surface area contributed by atoms with Crippen molar-refractivity contribution in [1.29, 1.82) is 0 Å². The number of hydrogen-bond donors (Lipinski definition) is 0. The van der Waals surface area contributed by atoms with E-state index in [9.17, 15) is 0 Å². The molecule has 0 fully saturated rings. The van der Waals surface area contributed by atoms with Gasteiger partial charge in [0.2, 0.25) is 0 Å².